The number of aryl methyl sites for hydroxylation is 1. The van der Waals surface area contributed by atoms with Crippen LogP contribution in [0.5, 0.6) is 0 Å². The zero-order chi connectivity index (χ0) is 20.9. The lowest BCUT2D eigenvalue weighted by Gasteiger charge is -2.03. The highest BCUT2D eigenvalue weighted by Gasteiger charge is 2.38. The van der Waals surface area contributed by atoms with Crippen LogP contribution < -0.4 is 5.32 Å². The molecule has 8 nitrogen and oxygen atoms in total. The van der Waals surface area contributed by atoms with Gasteiger partial charge in [0, 0.05) is 6.20 Å². The maximum absolute atomic E-state index is 10.7. The minimum atomic E-state index is -5.08. The fourth-order valence-corrected chi connectivity index (χ4v) is 2.06. The molecular formula is C17H15F3N4O4. The lowest BCUT2D eigenvalue weighted by molar-refractivity contribution is -0.192. The number of aromatic amines is 1. The van der Waals surface area contributed by atoms with Gasteiger partial charge in [-0.3, -0.25) is 0 Å². The summed E-state index contributed by atoms with van der Waals surface area (Å²) in [4.78, 5) is 31.4. The number of aromatic nitrogens is 3. The van der Waals surface area contributed by atoms with Gasteiger partial charge in [0.25, 0.3) is 0 Å². The summed E-state index contributed by atoms with van der Waals surface area (Å²) in [5, 5.41) is 19.0. The summed E-state index contributed by atoms with van der Waals surface area (Å²) in [6.45, 7) is 2.53. The molecule has 2 aromatic heterocycles. The van der Waals surface area contributed by atoms with Gasteiger partial charge in [-0.1, -0.05) is 6.07 Å². The highest BCUT2D eigenvalue weighted by atomic mass is 19.4. The maximum Gasteiger partial charge on any atom is 0.490 e. The van der Waals surface area contributed by atoms with E-state index in [0.717, 1.165) is 16.9 Å². The molecule has 0 amide bonds. The van der Waals surface area contributed by atoms with Gasteiger partial charge in [-0.2, -0.15) is 13.2 Å². The highest BCUT2D eigenvalue weighted by molar-refractivity contribution is 5.87. The molecular weight excluding hydrogens is 381 g/mol. The Morgan fingerprint density at radius 3 is 2.39 bits per heavy atom. The Labute approximate surface area is 156 Å². The van der Waals surface area contributed by atoms with Crippen molar-refractivity contribution < 1.29 is 33.0 Å². The van der Waals surface area contributed by atoms with E-state index in [2.05, 4.69) is 20.3 Å². The number of hydrogen-bond acceptors (Lipinski definition) is 5. The van der Waals surface area contributed by atoms with Crippen LogP contribution in [-0.4, -0.2) is 43.3 Å². The van der Waals surface area contributed by atoms with Crippen LogP contribution in [0.15, 0.2) is 36.5 Å². The van der Waals surface area contributed by atoms with Gasteiger partial charge < -0.3 is 20.5 Å². The average molecular weight is 396 g/mol. The van der Waals surface area contributed by atoms with Crippen molar-refractivity contribution in [1.29, 1.82) is 0 Å². The Morgan fingerprint density at radius 1 is 1.18 bits per heavy atom. The molecule has 11 heteroatoms. The van der Waals surface area contributed by atoms with E-state index < -0.39 is 18.1 Å². The molecule has 0 aliphatic rings. The number of hydrogen-bond donors (Lipinski definition) is 4. The third-order valence-electron chi connectivity index (χ3n) is 3.38. The Bertz CT molecular complexity index is 984. The number of nitrogens with zero attached hydrogens (tertiary/aromatic N) is 2. The molecule has 3 rings (SSSR count). The number of nitrogens with one attached hydrogen (secondary N) is 2. The number of aromatic carboxylic acids is 1. The van der Waals surface area contributed by atoms with E-state index in [1.165, 1.54) is 17.8 Å². The highest BCUT2D eigenvalue weighted by Crippen LogP contribution is 2.14. The molecule has 0 atom stereocenters. The Morgan fingerprint density at radius 2 is 1.86 bits per heavy atom. The van der Waals surface area contributed by atoms with Gasteiger partial charge in [-0.15, -0.1) is 0 Å². The normalized spacial score (nSPS) is 10.9. The van der Waals surface area contributed by atoms with E-state index in [1.807, 2.05) is 25.1 Å². The number of carbonyl (C=O) groups is 2. The fourth-order valence-electron chi connectivity index (χ4n) is 2.06. The van der Waals surface area contributed by atoms with Crippen LogP contribution in [0.1, 0.15) is 21.7 Å². The molecule has 0 radical (unpaired) electrons. The fraction of sp³-hybridized carbons (Fsp3) is 0.176. The van der Waals surface area contributed by atoms with Gasteiger partial charge >= 0.3 is 18.1 Å². The molecule has 0 saturated heterocycles. The first-order valence-electron chi connectivity index (χ1n) is 7.75. The van der Waals surface area contributed by atoms with Crippen LogP contribution in [0.4, 0.5) is 19.0 Å². The van der Waals surface area contributed by atoms with Crippen LogP contribution in [0, 0.1) is 6.92 Å². The minimum Gasteiger partial charge on any atom is -0.478 e. The SMILES string of the molecule is Cc1ccc2nc(CNc3ccc(C(=O)O)cn3)[nH]c2c1.O=C(O)C(F)(F)F. The molecule has 3 aromatic rings. The lowest BCUT2D eigenvalue weighted by Crippen LogP contribution is -2.21. The van der Waals surface area contributed by atoms with Crippen molar-refractivity contribution in [2.75, 3.05) is 5.32 Å². The van der Waals surface area contributed by atoms with E-state index in [0.29, 0.717) is 12.4 Å². The van der Waals surface area contributed by atoms with E-state index in [-0.39, 0.29) is 5.56 Å². The van der Waals surface area contributed by atoms with Crippen LogP contribution in [-0.2, 0) is 11.3 Å². The topological polar surface area (TPSA) is 128 Å². The number of H-pyrrole nitrogens is 1. The number of anilines is 1. The number of rotatable bonds is 4. The van der Waals surface area contributed by atoms with E-state index in [9.17, 15) is 18.0 Å². The molecule has 0 spiro atoms. The molecule has 148 valence electrons. The summed E-state index contributed by atoms with van der Waals surface area (Å²) in [7, 11) is 0. The van der Waals surface area contributed by atoms with Gasteiger partial charge in [0.05, 0.1) is 23.1 Å². The number of alkyl halides is 3. The second-order valence-corrected chi connectivity index (χ2v) is 5.60. The third kappa shape index (κ3) is 5.69. The molecule has 0 unspecified atom stereocenters. The zero-order valence-electron chi connectivity index (χ0n) is 14.4. The molecule has 0 saturated carbocycles. The molecule has 0 aliphatic heterocycles. The summed E-state index contributed by atoms with van der Waals surface area (Å²) >= 11 is 0. The van der Waals surface area contributed by atoms with Gasteiger partial charge in [-0.25, -0.2) is 19.6 Å². The number of imidazole rings is 1. The monoisotopic (exact) mass is 396 g/mol. The van der Waals surface area contributed by atoms with Gasteiger partial charge in [0.2, 0.25) is 0 Å². The molecule has 28 heavy (non-hydrogen) atoms. The third-order valence-corrected chi connectivity index (χ3v) is 3.38. The zero-order valence-corrected chi connectivity index (χ0v) is 14.4. The van der Waals surface area contributed by atoms with Crippen molar-refractivity contribution in [3.63, 3.8) is 0 Å². The van der Waals surface area contributed by atoms with Crippen LogP contribution in [0.2, 0.25) is 0 Å². The number of carboxylic acid groups (broad SMARTS) is 2. The maximum atomic E-state index is 10.7. The minimum absolute atomic E-state index is 0.166. The van der Waals surface area contributed by atoms with Gasteiger partial charge in [-0.05, 0) is 36.8 Å². The standard InChI is InChI=1S/C15H14N4O2.C2HF3O2/c1-9-2-4-11-12(6-9)19-14(18-11)8-17-13-5-3-10(7-16-13)15(20)21;3-2(4,5)1(6)7/h2-7H,8H2,1H3,(H,16,17)(H,18,19)(H,20,21);(H,6,7). The summed E-state index contributed by atoms with van der Waals surface area (Å²) in [6.07, 6.45) is -3.76. The van der Waals surface area contributed by atoms with Gasteiger partial charge in [0.1, 0.15) is 11.6 Å². The first-order chi connectivity index (χ1) is 13.1. The van der Waals surface area contributed by atoms with Crippen molar-refractivity contribution in [1.82, 2.24) is 15.0 Å². The lowest BCUT2D eigenvalue weighted by atomic mass is 10.2. The van der Waals surface area contributed by atoms with E-state index >= 15 is 0 Å². The van der Waals surface area contributed by atoms with Crippen molar-refractivity contribution in [2.24, 2.45) is 0 Å². The van der Waals surface area contributed by atoms with Crippen LogP contribution >= 0.6 is 0 Å². The number of fused-ring (bicyclic) bond motifs is 1. The molecule has 0 bridgehead atoms. The average Bonchev–Trinajstić information content (AvgIpc) is 3.02. The summed E-state index contributed by atoms with van der Waals surface area (Å²) < 4.78 is 31.7. The number of pyridine rings is 1. The van der Waals surface area contributed by atoms with E-state index in [4.69, 9.17) is 15.0 Å². The van der Waals surface area contributed by atoms with Gasteiger partial charge in [0.15, 0.2) is 0 Å². The van der Waals surface area contributed by atoms with Crippen LogP contribution in [0.3, 0.4) is 0 Å². The molecule has 4 N–H and O–H groups in total. The summed E-state index contributed by atoms with van der Waals surface area (Å²) in [5.41, 5.74) is 3.27. The smallest absolute Gasteiger partial charge is 0.478 e. The molecule has 0 aliphatic carbocycles. The first-order valence-corrected chi connectivity index (χ1v) is 7.75. The number of benzene rings is 1. The number of carboxylic acids is 2. The quantitative estimate of drug-likeness (QED) is 0.533. The Kier molecular flexibility index (Phi) is 6.18. The Balaban J connectivity index is 0.000000345. The molecule has 1 aromatic carbocycles. The summed E-state index contributed by atoms with van der Waals surface area (Å²) in [6, 6.07) is 9.19. The largest absolute Gasteiger partial charge is 0.490 e. The van der Waals surface area contributed by atoms with E-state index in [1.54, 1.807) is 6.07 Å². The number of halogens is 3. The van der Waals surface area contributed by atoms with Crippen molar-refractivity contribution >= 4 is 28.8 Å². The van der Waals surface area contributed by atoms with Crippen molar-refractivity contribution in [3.8, 4) is 0 Å². The van der Waals surface area contributed by atoms with Crippen molar-refractivity contribution in [2.45, 2.75) is 19.6 Å². The predicted octanol–water partition coefficient (Wildman–Crippen LogP) is 3.21. The summed E-state index contributed by atoms with van der Waals surface area (Å²) in [5.74, 6) is -2.33. The first kappa shape index (κ1) is 20.7. The number of aliphatic carboxylic acids is 1. The predicted molar refractivity (Wildman–Crippen MR) is 93.0 cm³/mol. The molecule has 2 heterocycles. The van der Waals surface area contributed by atoms with Crippen LogP contribution in [0.25, 0.3) is 11.0 Å². The van der Waals surface area contributed by atoms with Crippen molar-refractivity contribution in [3.05, 3.63) is 53.5 Å². The molecule has 0 fully saturated rings. The second kappa shape index (κ2) is 8.37. The Hall–Kier alpha value is -3.63. The second-order valence-electron chi connectivity index (χ2n) is 5.60.